The summed E-state index contributed by atoms with van der Waals surface area (Å²) in [6.07, 6.45) is 5.43. The van der Waals surface area contributed by atoms with Crippen molar-refractivity contribution in [2.45, 2.75) is 13.3 Å². The summed E-state index contributed by atoms with van der Waals surface area (Å²) in [5, 5.41) is 0.531. The molecule has 5 aliphatic rings. The zero-order valence-corrected chi connectivity index (χ0v) is 18.4. The third-order valence-corrected chi connectivity index (χ3v) is 8.18. The van der Waals surface area contributed by atoms with Crippen molar-refractivity contribution >= 4 is 35.0 Å². The molecule has 1 saturated heterocycles. The molecule has 2 bridgehead atoms. The topological polar surface area (TPSA) is 57.7 Å². The largest absolute Gasteiger partial charge is 0.289 e. The lowest BCUT2D eigenvalue weighted by Crippen LogP contribution is -2.45. The van der Waals surface area contributed by atoms with Crippen molar-refractivity contribution in [2.24, 2.45) is 35.5 Å². The smallest absolute Gasteiger partial charge is 0.259 e. The minimum Gasteiger partial charge on any atom is -0.289 e. The van der Waals surface area contributed by atoms with Gasteiger partial charge in [0.2, 0.25) is 11.8 Å². The maximum Gasteiger partial charge on any atom is 0.259 e. The lowest BCUT2D eigenvalue weighted by atomic mass is 9.63. The van der Waals surface area contributed by atoms with Gasteiger partial charge in [-0.05, 0) is 66.8 Å². The molecule has 2 aromatic rings. The highest BCUT2D eigenvalue weighted by Gasteiger charge is 2.67. The first kappa shape index (κ1) is 19.7. The van der Waals surface area contributed by atoms with Gasteiger partial charge in [0, 0.05) is 16.3 Å². The number of rotatable bonds is 4. The molecule has 0 spiro atoms. The Balaban J connectivity index is 1.35. The Morgan fingerprint density at radius 3 is 2.22 bits per heavy atom. The van der Waals surface area contributed by atoms with Crippen molar-refractivity contribution < 1.29 is 14.4 Å². The van der Waals surface area contributed by atoms with Crippen molar-refractivity contribution in [1.82, 2.24) is 4.90 Å². The minimum absolute atomic E-state index is 0.105. The predicted molar refractivity (Wildman–Crippen MR) is 121 cm³/mol. The third-order valence-electron chi connectivity index (χ3n) is 7.77. The Morgan fingerprint density at radius 2 is 1.62 bits per heavy atom. The molecule has 0 radical (unpaired) electrons. The van der Waals surface area contributed by atoms with E-state index in [1.54, 1.807) is 36.4 Å². The van der Waals surface area contributed by atoms with Crippen LogP contribution in [0.4, 0.5) is 5.69 Å². The maximum atomic E-state index is 13.5. The van der Waals surface area contributed by atoms with E-state index in [-0.39, 0.29) is 48.1 Å². The Kier molecular flexibility index (Phi) is 4.34. The molecule has 5 nitrogen and oxygen atoms in total. The number of likely N-dealkylation sites (tertiary alicyclic amines) is 1. The summed E-state index contributed by atoms with van der Waals surface area (Å²) in [5.74, 6) is 0.273. The van der Waals surface area contributed by atoms with Crippen molar-refractivity contribution in [1.29, 1.82) is 0 Å². The van der Waals surface area contributed by atoms with E-state index in [0.29, 0.717) is 28.1 Å². The lowest BCUT2D eigenvalue weighted by Gasteiger charge is -2.37. The van der Waals surface area contributed by atoms with Gasteiger partial charge in [-0.3, -0.25) is 24.2 Å². The molecule has 32 heavy (non-hydrogen) atoms. The van der Waals surface area contributed by atoms with E-state index < -0.39 is 0 Å². The number of halogens is 1. The fourth-order valence-electron chi connectivity index (χ4n) is 6.05. The number of nitrogens with zero attached hydrogens (tertiary/aromatic N) is 2. The highest BCUT2D eigenvalue weighted by Crippen LogP contribution is 2.65. The molecule has 0 N–H and O–H groups in total. The van der Waals surface area contributed by atoms with E-state index in [1.165, 1.54) is 9.80 Å². The number of anilines is 1. The minimum atomic E-state index is -0.281. The van der Waals surface area contributed by atoms with E-state index in [1.807, 2.05) is 19.1 Å². The van der Waals surface area contributed by atoms with Gasteiger partial charge >= 0.3 is 0 Å². The Bertz CT molecular complexity index is 1140. The average molecular weight is 447 g/mol. The van der Waals surface area contributed by atoms with Crippen LogP contribution < -0.4 is 4.90 Å². The second-order valence-electron chi connectivity index (χ2n) is 9.43. The highest BCUT2D eigenvalue weighted by atomic mass is 35.5. The zero-order valence-electron chi connectivity index (χ0n) is 17.6. The number of aryl methyl sites for hydroxylation is 1. The van der Waals surface area contributed by atoms with Crippen LogP contribution in [0.1, 0.15) is 22.3 Å². The summed E-state index contributed by atoms with van der Waals surface area (Å²) >= 11 is 6.36. The first-order valence-corrected chi connectivity index (χ1v) is 11.5. The molecule has 2 saturated carbocycles. The lowest BCUT2D eigenvalue weighted by molar-refractivity contribution is -0.140. The predicted octanol–water partition coefficient (Wildman–Crippen LogP) is 4.31. The van der Waals surface area contributed by atoms with Crippen molar-refractivity contribution in [2.75, 3.05) is 11.6 Å². The Hall–Kier alpha value is -2.92. The van der Waals surface area contributed by atoms with Gasteiger partial charge in [0.05, 0.1) is 11.8 Å². The van der Waals surface area contributed by atoms with Gasteiger partial charge in [-0.25, -0.2) is 0 Å². The molecule has 6 heteroatoms. The number of hydrogen-bond donors (Lipinski definition) is 0. The summed E-state index contributed by atoms with van der Waals surface area (Å²) < 4.78 is 0. The van der Waals surface area contributed by atoms with Gasteiger partial charge in [-0.1, -0.05) is 48.0 Å². The molecule has 3 fully saturated rings. The molecular formula is C26H23ClN2O3. The van der Waals surface area contributed by atoms with Crippen LogP contribution in [0.2, 0.25) is 5.02 Å². The number of amides is 3. The molecule has 2 aromatic carbocycles. The van der Waals surface area contributed by atoms with Gasteiger partial charge in [0.15, 0.2) is 0 Å². The van der Waals surface area contributed by atoms with Crippen LogP contribution in [0.15, 0.2) is 60.7 Å². The summed E-state index contributed by atoms with van der Waals surface area (Å²) in [4.78, 5) is 43.2. The van der Waals surface area contributed by atoms with E-state index in [9.17, 15) is 14.4 Å². The van der Waals surface area contributed by atoms with Crippen LogP contribution in [0.3, 0.4) is 0 Å². The van der Waals surface area contributed by atoms with Crippen molar-refractivity contribution in [3.63, 3.8) is 0 Å². The number of carbonyl (C=O) groups is 3. The number of hydrogen-bond acceptors (Lipinski definition) is 3. The molecule has 0 unspecified atom stereocenters. The van der Waals surface area contributed by atoms with E-state index in [4.69, 9.17) is 11.6 Å². The quantitative estimate of drug-likeness (QED) is 0.519. The summed E-state index contributed by atoms with van der Waals surface area (Å²) in [5.41, 5.74) is 1.95. The SMILES string of the molecule is Cc1ccc(N(CN2C(=O)[C@@H]3[C@@H]4C=C[C@H]([C@@H]5C[C@H]45)[C@H]3C2=O)C(=O)c2ccccc2)cc1Cl. The monoisotopic (exact) mass is 446 g/mol. The highest BCUT2D eigenvalue weighted by molar-refractivity contribution is 6.31. The molecule has 162 valence electrons. The fraction of sp³-hybridized carbons (Fsp3) is 0.346. The first-order valence-electron chi connectivity index (χ1n) is 11.1. The second-order valence-corrected chi connectivity index (χ2v) is 9.84. The van der Waals surface area contributed by atoms with E-state index in [0.717, 1.165) is 12.0 Å². The normalized spacial score (nSPS) is 31.5. The molecule has 7 rings (SSSR count). The van der Waals surface area contributed by atoms with Gasteiger partial charge in [-0.15, -0.1) is 0 Å². The van der Waals surface area contributed by atoms with Gasteiger partial charge in [-0.2, -0.15) is 0 Å². The molecule has 6 atom stereocenters. The van der Waals surface area contributed by atoms with E-state index in [2.05, 4.69) is 12.2 Å². The van der Waals surface area contributed by atoms with E-state index >= 15 is 0 Å². The fourth-order valence-corrected chi connectivity index (χ4v) is 6.22. The summed E-state index contributed by atoms with van der Waals surface area (Å²) in [7, 11) is 0. The number of benzene rings is 2. The average Bonchev–Trinajstić information content (AvgIpc) is 3.59. The van der Waals surface area contributed by atoms with Gasteiger partial charge in [0.1, 0.15) is 6.67 Å². The van der Waals surface area contributed by atoms with Crippen LogP contribution in [-0.2, 0) is 9.59 Å². The third kappa shape index (κ3) is 2.80. The standard InChI is InChI=1S/C26H23ClN2O3/c1-14-7-8-16(11-21(14)27)28(24(30)15-5-3-2-4-6-15)13-29-25(31)22-17-9-10-18(20-12-19(17)20)23(22)26(29)32/h2-11,17-20,22-23H,12-13H2,1H3/t17-,18-,19-,20+,22-,23-/m1/s1. The molecule has 1 aliphatic heterocycles. The van der Waals surface area contributed by atoms with Crippen LogP contribution in [-0.4, -0.2) is 29.3 Å². The molecule has 3 amide bonds. The maximum absolute atomic E-state index is 13.5. The Labute approximate surface area is 191 Å². The van der Waals surface area contributed by atoms with Crippen molar-refractivity contribution in [3.05, 3.63) is 76.8 Å². The second kappa shape index (κ2) is 7.04. The summed E-state index contributed by atoms with van der Waals surface area (Å²) in [6, 6.07) is 14.3. The van der Waals surface area contributed by atoms with Crippen LogP contribution >= 0.6 is 11.6 Å². The Morgan fingerprint density at radius 1 is 1.00 bits per heavy atom. The van der Waals surface area contributed by atoms with Gasteiger partial charge < -0.3 is 0 Å². The molecule has 1 heterocycles. The molecule has 0 aromatic heterocycles. The first-order chi connectivity index (χ1) is 15.5. The molecule has 4 aliphatic carbocycles. The van der Waals surface area contributed by atoms with Crippen molar-refractivity contribution in [3.8, 4) is 0 Å². The zero-order chi connectivity index (χ0) is 22.1. The van der Waals surface area contributed by atoms with Gasteiger partial charge in [0.25, 0.3) is 5.91 Å². The summed E-state index contributed by atoms with van der Waals surface area (Å²) in [6.45, 7) is 1.79. The van der Waals surface area contributed by atoms with Crippen LogP contribution in [0.25, 0.3) is 0 Å². The van der Waals surface area contributed by atoms with Crippen LogP contribution in [0.5, 0.6) is 0 Å². The number of carbonyl (C=O) groups excluding carboxylic acids is 3. The molecular weight excluding hydrogens is 424 g/mol. The number of imide groups is 1. The van der Waals surface area contributed by atoms with Crippen LogP contribution in [0, 0.1) is 42.4 Å². The number of allylic oxidation sites excluding steroid dienone is 2.